The monoisotopic (exact) mass is 385 g/mol. The normalized spacial score (nSPS) is 16.0. The Labute approximate surface area is 172 Å². The summed E-state index contributed by atoms with van der Waals surface area (Å²) in [5.74, 6) is 0.990. The molecular formula is C26H27NO2. The Morgan fingerprint density at radius 3 is 2.55 bits per heavy atom. The molecule has 29 heavy (non-hydrogen) atoms. The SMILES string of the molecule is C=CCC(=O)N1Cc2c(c3cc(OC)c(C)cc3c3cc(C)ccc23)C[C@H]1C=C. The van der Waals surface area contributed by atoms with Crippen LogP contribution in [0.25, 0.3) is 21.5 Å². The van der Waals surface area contributed by atoms with E-state index in [9.17, 15) is 4.79 Å². The summed E-state index contributed by atoms with van der Waals surface area (Å²) in [6.07, 6.45) is 4.67. The van der Waals surface area contributed by atoms with E-state index < -0.39 is 0 Å². The minimum atomic E-state index is -0.0200. The van der Waals surface area contributed by atoms with Gasteiger partial charge in [-0.2, -0.15) is 0 Å². The number of carbonyl (C=O) groups is 1. The van der Waals surface area contributed by atoms with Gasteiger partial charge in [-0.15, -0.1) is 13.2 Å². The van der Waals surface area contributed by atoms with Crippen molar-refractivity contribution in [2.24, 2.45) is 0 Å². The van der Waals surface area contributed by atoms with E-state index in [-0.39, 0.29) is 11.9 Å². The van der Waals surface area contributed by atoms with Crippen LogP contribution in [0, 0.1) is 13.8 Å². The van der Waals surface area contributed by atoms with Crippen molar-refractivity contribution in [3.63, 3.8) is 0 Å². The van der Waals surface area contributed by atoms with Crippen LogP contribution in [0.4, 0.5) is 0 Å². The van der Waals surface area contributed by atoms with E-state index in [0.717, 1.165) is 17.7 Å². The molecule has 0 saturated heterocycles. The average molecular weight is 386 g/mol. The maximum Gasteiger partial charge on any atom is 0.227 e. The molecule has 148 valence electrons. The standard InChI is InChI=1S/C26H27NO2/c1-6-8-26(28)27-15-24-19-10-9-16(3)11-20(19)21-12-17(4)25(29-5)14-23(21)22(24)13-18(27)7-2/h6-7,9-12,14,18H,1-2,8,13,15H2,3-5H3/t18-/m1/s1. The predicted molar refractivity (Wildman–Crippen MR) is 121 cm³/mol. The molecule has 0 radical (unpaired) electrons. The fourth-order valence-electron chi connectivity index (χ4n) is 4.59. The molecule has 3 aromatic carbocycles. The van der Waals surface area contributed by atoms with E-state index >= 15 is 0 Å². The van der Waals surface area contributed by atoms with Crippen LogP contribution in [0.5, 0.6) is 5.75 Å². The van der Waals surface area contributed by atoms with Gasteiger partial charge < -0.3 is 9.64 Å². The molecule has 0 bridgehead atoms. The Morgan fingerprint density at radius 2 is 1.86 bits per heavy atom. The van der Waals surface area contributed by atoms with Gasteiger partial charge in [0.1, 0.15) is 5.75 Å². The molecule has 3 heteroatoms. The van der Waals surface area contributed by atoms with E-state index in [4.69, 9.17) is 4.74 Å². The number of carbonyl (C=O) groups excluding carboxylic acids is 1. The van der Waals surface area contributed by atoms with Crippen LogP contribution in [0.2, 0.25) is 0 Å². The van der Waals surface area contributed by atoms with Gasteiger partial charge >= 0.3 is 0 Å². The second-order valence-electron chi connectivity index (χ2n) is 7.90. The minimum Gasteiger partial charge on any atom is -0.496 e. The first-order chi connectivity index (χ1) is 14.0. The van der Waals surface area contributed by atoms with Crippen molar-refractivity contribution in [3.8, 4) is 5.75 Å². The summed E-state index contributed by atoms with van der Waals surface area (Å²) in [5, 5.41) is 4.91. The Hall–Kier alpha value is -3.07. The van der Waals surface area contributed by atoms with E-state index in [1.165, 1.54) is 38.2 Å². The number of benzene rings is 3. The number of methoxy groups -OCH3 is 1. The zero-order valence-electron chi connectivity index (χ0n) is 17.4. The van der Waals surface area contributed by atoms with Crippen molar-refractivity contribution < 1.29 is 9.53 Å². The summed E-state index contributed by atoms with van der Waals surface area (Å²) in [6.45, 7) is 12.5. The Bertz CT molecular complexity index is 1160. The lowest BCUT2D eigenvalue weighted by molar-refractivity contribution is -0.132. The molecule has 3 aromatic rings. The van der Waals surface area contributed by atoms with Gasteiger partial charge in [0, 0.05) is 13.0 Å². The topological polar surface area (TPSA) is 29.5 Å². The van der Waals surface area contributed by atoms with Crippen LogP contribution < -0.4 is 4.74 Å². The van der Waals surface area contributed by atoms with E-state index in [1.807, 2.05) is 11.0 Å². The maximum atomic E-state index is 12.8. The number of rotatable bonds is 4. The van der Waals surface area contributed by atoms with Crippen LogP contribution in [0.15, 0.2) is 55.6 Å². The zero-order chi connectivity index (χ0) is 20.7. The lowest BCUT2D eigenvalue weighted by Crippen LogP contribution is -2.43. The van der Waals surface area contributed by atoms with Crippen molar-refractivity contribution in [2.75, 3.05) is 7.11 Å². The van der Waals surface area contributed by atoms with Crippen molar-refractivity contribution in [1.82, 2.24) is 4.90 Å². The third-order valence-electron chi connectivity index (χ3n) is 6.07. The first-order valence-corrected chi connectivity index (χ1v) is 10.0. The van der Waals surface area contributed by atoms with E-state index in [2.05, 4.69) is 57.3 Å². The largest absolute Gasteiger partial charge is 0.496 e. The molecule has 0 fully saturated rings. The van der Waals surface area contributed by atoms with Crippen LogP contribution in [-0.2, 0) is 17.8 Å². The number of hydrogen-bond donors (Lipinski definition) is 0. The number of hydrogen-bond acceptors (Lipinski definition) is 2. The van der Waals surface area contributed by atoms with Gasteiger partial charge in [0.15, 0.2) is 0 Å². The fourth-order valence-corrected chi connectivity index (χ4v) is 4.59. The summed E-state index contributed by atoms with van der Waals surface area (Å²) >= 11 is 0. The van der Waals surface area contributed by atoms with Crippen LogP contribution in [0.3, 0.4) is 0 Å². The number of nitrogens with zero attached hydrogens (tertiary/aromatic N) is 1. The summed E-state index contributed by atoms with van der Waals surface area (Å²) in [6, 6.07) is 11.0. The Kier molecular flexibility index (Phi) is 4.91. The highest BCUT2D eigenvalue weighted by atomic mass is 16.5. The van der Waals surface area contributed by atoms with Crippen molar-refractivity contribution in [1.29, 1.82) is 0 Å². The van der Waals surface area contributed by atoms with Gasteiger partial charge in [-0.05, 0) is 70.6 Å². The van der Waals surface area contributed by atoms with Crippen molar-refractivity contribution in [2.45, 2.75) is 39.3 Å². The molecule has 0 aromatic heterocycles. The Balaban J connectivity index is 2.05. The molecule has 0 unspecified atom stereocenters. The lowest BCUT2D eigenvalue weighted by Gasteiger charge is -2.37. The van der Waals surface area contributed by atoms with Crippen molar-refractivity contribution in [3.05, 3.63) is 77.9 Å². The molecule has 0 aliphatic carbocycles. The second-order valence-corrected chi connectivity index (χ2v) is 7.90. The first kappa shape index (κ1) is 19.3. The van der Waals surface area contributed by atoms with Gasteiger partial charge in [0.05, 0.1) is 13.2 Å². The van der Waals surface area contributed by atoms with Gasteiger partial charge in [-0.3, -0.25) is 4.79 Å². The van der Waals surface area contributed by atoms with E-state index in [0.29, 0.717) is 13.0 Å². The quantitative estimate of drug-likeness (QED) is 0.430. The number of fused-ring (bicyclic) bond motifs is 6. The molecule has 1 heterocycles. The fraction of sp³-hybridized carbons (Fsp3) is 0.269. The first-order valence-electron chi connectivity index (χ1n) is 10.0. The Morgan fingerprint density at radius 1 is 1.10 bits per heavy atom. The van der Waals surface area contributed by atoms with Gasteiger partial charge in [0.25, 0.3) is 0 Å². The molecule has 1 aliphatic heterocycles. The number of ether oxygens (including phenoxy) is 1. The molecule has 0 saturated carbocycles. The molecule has 1 amide bonds. The highest BCUT2D eigenvalue weighted by molar-refractivity contribution is 6.12. The van der Waals surface area contributed by atoms with Crippen LogP contribution in [-0.4, -0.2) is 24.0 Å². The molecule has 4 rings (SSSR count). The average Bonchev–Trinajstić information content (AvgIpc) is 2.72. The highest BCUT2D eigenvalue weighted by Crippen LogP contribution is 2.40. The molecule has 3 nitrogen and oxygen atoms in total. The highest BCUT2D eigenvalue weighted by Gasteiger charge is 2.30. The summed E-state index contributed by atoms with van der Waals surface area (Å²) < 4.78 is 5.63. The van der Waals surface area contributed by atoms with Crippen molar-refractivity contribution >= 4 is 27.5 Å². The number of aryl methyl sites for hydroxylation is 2. The zero-order valence-corrected chi connectivity index (χ0v) is 17.4. The van der Waals surface area contributed by atoms with E-state index in [1.54, 1.807) is 13.2 Å². The predicted octanol–water partition coefficient (Wildman–Crippen LogP) is 5.63. The maximum absolute atomic E-state index is 12.8. The molecule has 0 N–H and O–H groups in total. The smallest absolute Gasteiger partial charge is 0.227 e. The summed E-state index contributed by atoms with van der Waals surface area (Å²) in [5.41, 5.74) is 4.88. The van der Waals surface area contributed by atoms with Crippen LogP contribution in [0.1, 0.15) is 28.7 Å². The van der Waals surface area contributed by atoms with Gasteiger partial charge in [-0.25, -0.2) is 0 Å². The summed E-state index contributed by atoms with van der Waals surface area (Å²) in [4.78, 5) is 14.7. The minimum absolute atomic E-state index is 0.0200. The molecule has 1 atom stereocenters. The number of amides is 1. The molecule has 0 spiro atoms. The lowest BCUT2D eigenvalue weighted by atomic mass is 9.84. The van der Waals surface area contributed by atoms with Gasteiger partial charge in [0.2, 0.25) is 5.91 Å². The third-order valence-corrected chi connectivity index (χ3v) is 6.07. The van der Waals surface area contributed by atoms with Gasteiger partial charge in [-0.1, -0.05) is 35.9 Å². The third kappa shape index (κ3) is 3.11. The van der Waals surface area contributed by atoms with Crippen LogP contribution >= 0.6 is 0 Å². The second kappa shape index (κ2) is 7.40. The molecule has 1 aliphatic rings. The molecular weight excluding hydrogens is 358 g/mol. The summed E-state index contributed by atoms with van der Waals surface area (Å²) in [7, 11) is 1.72.